The molecule has 1 aromatic heterocycles. The van der Waals surface area contributed by atoms with Crippen molar-refractivity contribution < 1.29 is 19.4 Å². The van der Waals surface area contributed by atoms with Gasteiger partial charge >= 0.3 is 5.97 Å². The fraction of sp³-hybridized carbons (Fsp3) is 0.294. The number of carbonyl (C=O) groups is 1. The summed E-state index contributed by atoms with van der Waals surface area (Å²) < 4.78 is 13.0. The number of nitrogens with zero attached hydrogens (tertiary/aromatic N) is 2. The van der Waals surface area contributed by atoms with Crippen molar-refractivity contribution in [2.75, 3.05) is 0 Å². The summed E-state index contributed by atoms with van der Waals surface area (Å²) in [5.41, 5.74) is 1.51. The predicted octanol–water partition coefficient (Wildman–Crippen LogP) is 4.71. The van der Waals surface area contributed by atoms with E-state index in [0.717, 1.165) is 11.3 Å². The maximum absolute atomic E-state index is 10.8. The number of halogens is 2. The summed E-state index contributed by atoms with van der Waals surface area (Å²) in [7, 11) is 1.74. The van der Waals surface area contributed by atoms with Crippen molar-refractivity contribution in [3.8, 4) is 17.4 Å². The Morgan fingerprint density at radius 3 is 2.64 bits per heavy atom. The molecule has 0 aliphatic rings. The highest BCUT2D eigenvalue weighted by atomic mass is 35.5. The molecule has 2 aromatic rings. The fourth-order valence-electron chi connectivity index (χ4n) is 2.30. The van der Waals surface area contributed by atoms with E-state index in [0.29, 0.717) is 11.6 Å². The lowest BCUT2D eigenvalue weighted by Crippen LogP contribution is -2.16. The monoisotopic (exact) mass is 384 g/mol. The third-order valence-corrected chi connectivity index (χ3v) is 3.99. The Kier molecular flexibility index (Phi) is 5.98. The molecule has 0 spiro atoms. The van der Waals surface area contributed by atoms with E-state index in [1.54, 1.807) is 24.7 Å². The van der Waals surface area contributed by atoms with Gasteiger partial charge < -0.3 is 14.6 Å². The minimum Gasteiger partial charge on any atom is -0.488 e. The van der Waals surface area contributed by atoms with Gasteiger partial charge in [0.1, 0.15) is 11.9 Å². The molecule has 1 unspecified atom stereocenters. The van der Waals surface area contributed by atoms with Crippen LogP contribution >= 0.6 is 23.2 Å². The van der Waals surface area contributed by atoms with Crippen molar-refractivity contribution in [3.05, 3.63) is 40.0 Å². The summed E-state index contributed by atoms with van der Waals surface area (Å²) in [6.45, 7) is 7.24. The van der Waals surface area contributed by atoms with Gasteiger partial charge in [0.2, 0.25) is 5.88 Å². The maximum atomic E-state index is 10.8. The maximum Gasteiger partial charge on any atom is 0.307 e. The van der Waals surface area contributed by atoms with E-state index in [1.807, 2.05) is 6.92 Å². The normalized spacial score (nSPS) is 11.9. The number of aryl methyl sites for hydroxylation is 2. The Balaban J connectivity index is 2.34. The Morgan fingerprint density at radius 1 is 1.40 bits per heavy atom. The molecule has 0 fully saturated rings. The Morgan fingerprint density at radius 2 is 2.04 bits per heavy atom. The van der Waals surface area contributed by atoms with E-state index in [2.05, 4.69) is 11.7 Å². The molecule has 0 radical (unpaired) electrons. The third-order valence-electron chi connectivity index (χ3n) is 3.40. The van der Waals surface area contributed by atoms with E-state index in [1.165, 1.54) is 12.1 Å². The molecular weight excluding hydrogens is 367 g/mol. The van der Waals surface area contributed by atoms with Crippen LogP contribution in [0, 0.1) is 6.92 Å². The SMILES string of the molecule is C=Cc1c(C)nn(C)c1Oc1cc(OC(C)CC(=O)O)c(Cl)cc1Cl. The van der Waals surface area contributed by atoms with Crippen molar-refractivity contribution in [1.29, 1.82) is 0 Å². The van der Waals surface area contributed by atoms with Gasteiger partial charge in [-0.2, -0.15) is 5.10 Å². The van der Waals surface area contributed by atoms with Gasteiger partial charge in [-0.15, -0.1) is 0 Å². The van der Waals surface area contributed by atoms with Gasteiger partial charge in [-0.1, -0.05) is 35.9 Å². The fourth-order valence-corrected chi connectivity index (χ4v) is 2.76. The van der Waals surface area contributed by atoms with Crippen LogP contribution in [0.4, 0.5) is 0 Å². The van der Waals surface area contributed by atoms with Crippen LogP contribution in [0.1, 0.15) is 24.6 Å². The van der Waals surface area contributed by atoms with Crippen LogP contribution in [0.5, 0.6) is 17.4 Å². The Bertz CT molecular complexity index is 817. The molecule has 25 heavy (non-hydrogen) atoms. The molecule has 8 heteroatoms. The lowest BCUT2D eigenvalue weighted by Gasteiger charge is -2.16. The van der Waals surface area contributed by atoms with Gasteiger partial charge in [0, 0.05) is 13.1 Å². The number of hydrogen-bond acceptors (Lipinski definition) is 4. The standard InChI is InChI=1S/C17H18Cl2N2O4/c1-5-11-10(3)20-21(4)17(11)25-15-8-14(12(18)7-13(15)19)24-9(2)6-16(22)23/h5,7-9H,1,6H2,2-4H3,(H,22,23). The number of rotatable bonds is 7. The zero-order valence-electron chi connectivity index (χ0n) is 14.0. The Labute approximate surface area is 155 Å². The largest absolute Gasteiger partial charge is 0.488 e. The number of benzene rings is 1. The first-order chi connectivity index (χ1) is 11.7. The van der Waals surface area contributed by atoms with Gasteiger partial charge in [0.15, 0.2) is 5.75 Å². The third kappa shape index (κ3) is 4.46. The van der Waals surface area contributed by atoms with Gasteiger partial charge in [-0.25, -0.2) is 4.68 Å². The lowest BCUT2D eigenvalue weighted by atomic mass is 10.2. The van der Waals surface area contributed by atoms with Crippen molar-refractivity contribution in [3.63, 3.8) is 0 Å². The number of aromatic nitrogens is 2. The van der Waals surface area contributed by atoms with Gasteiger partial charge in [-0.3, -0.25) is 4.79 Å². The number of hydrogen-bond donors (Lipinski definition) is 1. The molecule has 1 N–H and O–H groups in total. The highest BCUT2D eigenvalue weighted by Gasteiger charge is 2.18. The first-order valence-electron chi connectivity index (χ1n) is 7.44. The van der Waals surface area contributed by atoms with Crippen LogP contribution in [0.25, 0.3) is 6.08 Å². The highest BCUT2D eigenvalue weighted by molar-refractivity contribution is 6.36. The summed E-state index contributed by atoms with van der Waals surface area (Å²) in [6, 6.07) is 3.01. The van der Waals surface area contributed by atoms with Crippen LogP contribution in [-0.4, -0.2) is 27.0 Å². The molecular formula is C17H18Cl2N2O4. The molecule has 0 aliphatic heterocycles. The topological polar surface area (TPSA) is 73.6 Å². The van der Waals surface area contributed by atoms with Crippen LogP contribution in [-0.2, 0) is 11.8 Å². The molecule has 1 aromatic carbocycles. The van der Waals surface area contributed by atoms with Crippen LogP contribution < -0.4 is 9.47 Å². The van der Waals surface area contributed by atoms with Crippen molar-refractivity contribution in [2.24, 2.45) is 7.05 Å². The number of ether oxygens (including phenoxy) is 2. The van der Waals surface area contributed by atoms with E-state index >= 15 is 0 Å². The van der Waals surface area contributed by atoms with Crippen molar-refractivity contribution in [2.45, 2.75) is 26.4 Å². The molecule has 0 saturated carbocycles. The molecule has 1 atom stereocenters. The summed E-state index contributed by atoms with van der Waals surface area (Å²) in [4.78, 5) is 10.8. The molecule has 0 aliphatic carbocycles. The average Bonchev–Trinajstić information content (AvgIpc) is 2.76. The summed E-state index contributed by atoms with van der Waals surface area (Å²) in [5.74, 6) is 0.111. The number of carboxylic acid groups (broad SMARTS) is 1. The molecule has 0 amide bonds. The second-order valence-electron chi connectivity index (χ2n) is 5.47. The lowest BCUT2D eigenvalue weighted by molar-refractivity contribution is -0.138. The van der Waals surface area contributed by atoms with Gasteiger partial charge in [0.05, 0.1) is 27.7 Å². The summed E-state index contributed by atoms with van der Waals surface area (Å²) in [5, 5.41) is 13.7. The highest BCUT2D eigenvalue weighted by Crippen LogP contribution is 2.39. The molecule has 1 heterocycles. The van der Waals surface area contributed by atoms with E-state index < -0.39 is 12.1 Å². The minimum atomic E-state index is -0.963. The van der Waals surface area contributed by atoms with Crippen LogP contribution in [0.15, 0.2) is 18.7 Å². The molecule has 134 valence electrons. The van der Waals surface area contributed by atoms with Gasteiger partial charge in [-0.05, 0) is 19.9 Å². The zero-order valence-corrected chi connectivity index (χ0v) is 15.6. The number of carboxylic acids is 1. The zero-order chi connectivity index (χ0) is 18.7. The van der Waals surface area contributed by atoms with Gasteiger partial charge in [0.25, 0.3) is 0 Å². The second kappa shape index (κ2) is 7.80. The Hall–Kier alpha value is -2.18. The number of aliphatic carboxylic acids is 1. The van der Waals surface area contributed by atoms with Crippen LogP contribution in [0.2, 0.25) is 10.0 Å². The minimum absolute atomic E-state index is 0.156. The van der Waals surface area contributed by atoms with Crippen LogP contribution in [0.3, 0.4) is 0 Å². The smallest absolute Gasteiger partial charge is 0.307 e. The molecule has 2 rings (SSSR count). The quantitative estimate of drug-likeness (QED) is 0.747. The van der Waals surface area contributed by atoms with E-state index in [-0.39, 0.29) is 22.2 Å². The summed E-state index contributed by atoms with van der Waals surface area (Å²) in [6.07, 6.45) is 0.927. The summed E-state index contributed by atoms with van der Waals surface area (Å²) >= 11 is 12.3. The first-order valence-corrected chi connectivity index (χ1v) is 8.19. The second-order valence-corrected chi connectivity index (χ2v) is 6.29. The van der Waals surface area contributed by atoms with E-state index in [9.17, 15) is 4.79 Å². The average molecular weight is 385 g/mol. The van der Waals surface area contributed by atoms with E-state index in [4.69, 9.17) is 37.8 Å². The molecule has 0 saturated heterocycles. The van der Waals surface area contributed by atoms with Crippen molar-refractivity contribution >= 4 is 35.2 Å². The molecule has 6 nitrogen and oxygen atoms in total. The molecule has 0 bridgehead atoms. The predicted molar refractivity (Wildman–Crippen MR) is 96.9 cm³/mol. The first kappa shape index (κ1) is 19.1. The van der Waals surface area contributed by atoms with Crippen molar-refractivity contribution in [1.82, 2.24) is 9.78 Å².